The molecule has 7 heteroatoms. The zero-order valence-electron chi connectivity index (χ0n) is 18.2. The molecule has 0 aliphatic carbocycles. The van der Waals surface area contributed by atoms with E-state index in [1.54, 1.807) is 12.1 Å². The van der Waals surface area contributed by atoms with Gasteiger partial charge in [-0.3, -0.25) is 4.79 Å². The maximum atomic E-state index is 13.1. The van der Waals surface area contributed by atoms with Crippen molar-refractivity contribution in [1.29, 1.82) is 0 Å². The molecule has 162 valence electrons. The molecule has 6 nitrogen and oxygen atoms in total. The molecule has 1 N–H and O–H groups in total. The van der Waals surface area contributed by atoms with E-state index >= 15 is 0 Å². The highest BCUT2D eigenvalue weighted by Crippen LogP contribution is 2.30. The summed E-state index contributed by atoms with van der Waals surface area (Å²) in [7, 11) is -3.71. The third-order valence-electron chi connectivity index (χ3n) is 5.10. The van der Waals surface area contributed by atoms with Gasteiger partial charge in [0.05, 0.1) is 17.1 Å². The summed E-state index contributed by atoms with van der Waals surface area (Å²) in [5.74, 6) is -0.340. The van der Waals surface area contributed by atoms with E-state index in [4.69, 9.17) is 4.74 Å². The first-order valence-corrected chi connectivity index (χ1v) is 11.6. The number of anilines is 1. The van der Waals surface area contributed by atoms with Crippen LogP contribution in [0.2, 0.25) is 0 Å². The zero-order chi connectivity index (χ0) is 22.1. The summed E-state index contributed by atoms with van der Waals surface area (Å²) in [5, 5.41) is 2.94. The van der Waals surface area contributed by atoms with E-state index in [-0.39, 0.29) is 28.4 Å². The lowest BCUT2D eigenvalue weighted by Gasteiger charge is -2.34. The van der Waals surface area contributed by atoms with E-state index in [2.05, 4.69) is 26.1 Å². The van der Waals surface area contributed by atoms with Crippen LogP contribution in [-0.2, 0) is 20.2 Å². The molecular weight excluding hydrogens is 400 g/mol. The minimum Gasteiger partial charge on any atom is -0.373 e. The van der Waals surface area contributed by atoms with E-state index in [1.165, 1.54) is 16.4 Å². The van der Waals surface area contributed by atoms with Gasteiger partial charge in [0, 0.05) is 24.3 Å². The van der Waals surface area contributed by atoms with Crippen molar-refractivity contribution in [2.24, 2.45) is 0 Å². The minimum absolute atomic E-state index is 0.112. The quantitative estimate of drug-likeness (QED) is 0.794. The third kappa shape index (κ3) is 4.91. The highest BCUT2D eigenvalue weighted by atomic mass is 32.2. The Morgan fingerprint density at radius 2 is 1.67 bits per heavy atom. The number of nitrogens with one attached hydrogen (secondary N) is 1. The second kappa shape index (κ2) is 8.49. The van der Waals surface area contributed by atoms with Crippen LogP contribution in [0.4, 0.5) is 5.69 Å². The molecule has 1 aliphatic heterocycles. The Morgan fingerprint density at radius 3 is 2.30 bits per heavy atom. The molecule has 3 rings (SSSR count). The van der Waals surface area contributed by atoms with Crippen LogP contribution in [0.5, 0.6) is 0 Å². The summed E-state index contributed by atoms with van der Waals surface area (Å²) in [5.41, 5.74) is 1.89. The number of carbonyl (C=O) groups is 1. The molecular formula is C23H30N2O4S. The number of hydrogen-bond donors (Lipinski definition) is 1. The number of benzene rings is 2. The number of amides is 1. The van der Waals surface area contributed by atoms with Crippen molar-refractivity contribution in [3.63, 3.8) is 0 Å². The van der Waals surface area contributed by atoms with Gasteiger partial charge in [0.15, 0.2) is 0 Å². The van der Waals surface area contributed by atoms with Gasteiger partial charge in [-0.1, -0.05) is 45.0 Å². The standard InChI is InChI=1S/C23H30N2O4S/c1-16-14-25(15-17(2)29-16)30(27,28)19-10-8-9-18(13-19)22(26)24-21-12-7-6-11-20(21)23(3,4)5/h6-13,16-17H,14-15H2,1-5H3,(H,24,26)/t16-,17-/m0/s1. The van der Waals surface area contributed by atoms with Crippen LogP contribution in [0.15, 0.2) is 53.4 Å². The van der Waals surface area contributed by atoms with Crippen molar-refractivity contribution < 1.29 is 17.9 Å². The lowest BCUT2D eigenvalue weighted by atomic mass is 9.86. The smallest absolute Gasteiger partial charge is 0.255 e. The molecule has 0 spiro atoms. The van der Waals surface area contributed by atoms with E-state index in [0.29, 0.717) is 18.7 Å². The third-order valence-corrected chi connectivity index (χ3v) is 6.93. The molecule has 0 radical (unpaired) electrons. The molecule has 2 atom stereocenters. The van der Waals surface area contributed by atoms with Gasteiger partial charge in [-0.2, -0.15) is 4.31 Å². The molecule has 1 heterocycles. The Hall–Kier alpha value is -2.22. The van der Waals surface area contributed by atoms with Crippen molar-refractivity contribution in [2.45, 2.75) is 57.1 Å². The van der Waals surface area contributed by atoms with Gasteiger partial charge in [-0.25, -0.2) is 8.42 Å². The number of carbonyl (C=O) groups excluding carboxylic acids is 1. The average molecular weight is 431 g/mol. The summed E-state index contributed by atoms with van der Waals surface area (Å²) in [6, 6.07) is 13.8. The van der Waals surface area contributed by atoms with Crippen molar-refractivity contribution in [1.82, 2.24) is 4.31 Å². The number of rotatable bonds is 4. The Bertz CT molecular complexity index is 1020. The lowest BCUT2D eigenvalue weighted by Crippen LogP contribution is -2.48. The Morgan fingerprint density at radius 1 is 1.03 bits per heavy atom. The fraction of sp³-hybridized carbons (Fsp3) is 0.435. The number of hydrogen-bond acceptors (Lipinski definition) is 4. The average Bonchev–Trinajstić information content (AvgIpc) is 2.67. The van der Waals surface area contributed by atoms with Crippen molar-refractivity contribution in [3.8, 4) is 0 Å². The first-order chi connectivity index (χ1) is 14.0. The van der Waals surface area contributed by atoms with E-state index in [9.17, 15) is 13.2 Å². The maximum Gasteiger partial charge on any atom is 0.255 e. The molecule has 1 fully saturated rings. The summed E-state index contributed by atoms with van der Waals surface area (Å²) >= 11 is 0. The predicted octanol–water partition coefficient (Wildman–Crippen LogP) is 4.03. The summed E-state index contributed by atoms with van der Waals surface area (Å²) < 4.78 is 33.3. The molecule has 2 aromatic rings. The molecule has 0 aromatic heterocycles. The molecule has 1 aliphatic rings. The fourth-order valence-corrected chi connectivity index (χ4v) is 5.35. The van der Waals surface area contributed by atoms with Gasteiger partial charge >= 0.3 is 0 Å². The van der Waals surface area contributed by atoms with Gasteiger partial charge in [0.25, 0.3) is 5.91 Å². The summed E-state index contributed by atoms with van der Waals surface area (Å²) in [6.07, 6.45) is -0.354. The van der Waals surface area contributed by atoms with Crippen molar-refractivity contribution in [2.75, 3.05) is 18.4 Å². The number of nitrogens with zero attached hydrogens (tertiary/aromatic N) is 1. The van der Waals surface area contributed by atoms with Crippen molar-refractivity contribution >= 4 is 21.6 Å². The lowest BCUT2D eigenvalue weighted by molar-refractivity contribution is -0.0440. The first kappa shape index (κ1) is 22.5. The Labute approximate surface area is 179 Å². The van der Waals surface area contributed by atoms with E-state index in [1.807, 2.05) is 38.1 Å². The van der Waals surface area contributed by atoms with E-state index in [0.717, 1.165) is 11.3 Å². The molecule has 1 amide bonds. The van der Waals surface area contributed by atoms with Gasteiger partial charge in [0.1, 0.15) is 0 Å². The molecule has 0 saturated carbocycles. The van der Waals surface area contributed by atoms with Crippen LogP contribution in [0, 0.1) is 0 Å². The van der Waals surface area contributed by atoms with Crippen LogP contribution in [0.25, 0.3) is 0 Å². The van der Waals surface area contributed by atoms with Crippen molar-refractivity contribution in [3.05, 3.63) is 59.7 Å². The number of sulfonamides is 1. The molecule has 2 aromatic carbocycles. The van der Waals surface area contributed by atoms with Gasteiger partial charge in [-0.15, -0.1) is 0 Å². The van der Waals surface area contributed by atoms with Crippen LogP contribution in [0.3, 0.4) is 0 Å². The highest BCUT2D eigenvalue weighted by molar-refractivity contribution is 7.89. The molecule has 0 bridgehead atoms. The summed E-state index contributed by atoms with van der Waals surface area (Å²) in [4.78, 5) is 13.0. The molecule has 0 unspecified atom stereocenters. The normalized spacial score (nSPS) is 20.7. The van der Waals surface area contributed by atoms with E-state index < -0.39 is 10.0 Å². The number of para-hydroxylation sites is 1. The molecule has 30 heavy (non-hydrogen) atoms. The number of morpholine rings is 1. The summed E-state index contributed by atoms with van der Waals surface area (Å²) in [6.45, 7) is 10.5. The largest absolute Gasteiger partial charge is 0.373 e. The van der Waals surface area contributed by atoms with Gasteiger partial charge < -0.3 is 10.1 Å². The zero-order valence-corrected chi connectivity index (χ0v) is 19.0. The SMILES string of the molecule is C[C@H]1CN(S(=O)(=O)c2cccc(C(=O)Nc3ccccc3C(C)(C)C)c2)C[C@H](C)O1. The Balaban J connectivity index is 1.86. The molecule has 1 saturated heterocycles. The van der Waals surface area contributed by atoms with Crippen LogP contribution < -0.4 is 5.32 Å². The number of ether oxygens (including phenoxy) is 1. The van der Waals surface area contributed by atoms with Crippen LogP contribution >= 0.6 is 0 Å². The highest BCUT2D eigenvalue weighted by Gasteiger charge is 2.32. The second-order valence-electron chi connectivity index (χ2n) is 8.86. The topological polar surface area (TPSA) is 75.7 Å². The minimum atomic E-state index is -3.71. The second-order valence-corrected chi connectivity index (χ2v) is 10.8. The maximum absolute atomic E-state index is 13.1. The first-order valence-electron chi connectivity index (χ1n) is 10.1. The van der Waals surface area contributed by atoms with Gasteiger partial charge in [-0.05, 0) is 49.1 Å². The van der Waals surface area contributed by atoms with Gasteiger partial charge in [0.2, 0.25) is 10.0 Å². The fourth-order valence-electron chi connectivity index (χ4n) is 3.71. The monoisotopic (exact) mass is 430 g/mol. The van der Waals surface area contributed by atoms with Crippen LogP contribution in [0.1, 0.15) is 50.5 Å². The predicted molar refractivity (Wildman–Crippen MR) is 118 cm³/mol. The van der Waals surface area contributed by atoms with Crippen LogP contribution in [-0.4, -0.2) is 43.9 Å². The Kier molecular flexibility index (Phi) is 6.36.